The van der Waals surface area contributed by atoms with Gasteiger partial charge >= 0.3 is 0 Å². The van der Waals surface area contributed by atoms with Crippen LogP contribution in [0.15, 0.2) is 36.6 Å². The molecule has 0 N–H and O–H groups in total. The lowest BCUT2D eigenvalue weighted by atomic mass is 10.2. The van der Waals surface area contributed by atoms with Crippen LogP contribution >= 0.6 is 0 Å². The fraction of sp³-hybridized carbons (Fsp3) is 0.455. The predicted octanol–water partition coefficient (Wildman–Crippen LogP) is 2.97. The number of nitrogens with zero attached hydrogens (tertiary/aromatic N) is 1. The van der Waals surface area contributed by atoms with E-state index in [4.69, 9.17) is 0 Å². The average molecular weight is 165 g/mol. The molecule has 1 heteroatoms. The maximum atomic E-state index is 3.62. The molecule has 0 rings (SSSR count). The first-order valence-corrected chi connectivity index (χ1v) is 4.35. The van der Waals surface area contributed by atoms with Gasteiger partial charge in [-0.1, -0.05) is 30.4 Å². The van der Waals surface area contributed by atoms with Gasteiger partial charge in [0, 0.05) is 13.6 Å². The van der Waals surface area contributed by atoms with Crippen LogP contribution in [-0.2, 0) is 0 Å². The molecule has 0 aromatic carbocycles. The largest absolute Gasteiger partial charge is 0.381 e. The van der Waals surface area contributed by atoms with Gasteiger partial charge in [-0.15, -0.1) is 0 Å². The van der Waals surface area contributed by atoms with E-state index in [1.807, 2.05) is 6.08 Å². The Balaban J connectivity index is 3.84. The minimum absolute atomic E-state index is 1.01. The lowest BCUT2D eigenvalue weighted by Gasteiger charge is -2.11. The summed E-state index contributed by atoms with van der Waals surface area (Å²) < 4.78 is 0. The summed E-state index contributed by atoms with van der Waals surface area (Å²) in [6.07, 6.45) is 9.08. The number of hydrogen-bond donors (Lipinski definition) is 0. The molecule has 0 aliphatic rings. The maximum Gasteiger partial charge on any atom is 0.0140 e. The zero-order valence-electron chi connectivity index (χ0n) is 8.38. The lowest BCUT2D eigenvalue weighted by molar-refractivity contribution is 0.479. The summed E-state index contributed by atoms with van der Waals surface area (Å²) in [5, 5.41) is 0. The Morgan fingerprint density at radius 3 is 2.67 bits per heavy atom. The summed E-state index contributed by atoms with van der Waals surface area (Å²) in [4.78, 5) is 2.18. The highest BCUT2D eigenvalue weighted by Gasteiger charge is 1.88. The fourth-order valence-electron chi connectivity index (χ4n) is 0.870. The van der Waals surface area contributed by atoms with Crippen molar-refractivity contribution in [2.24, 2.45) is 0 Å². The molecule has 1 nitrogen and oxygen atoms in total. The third-order valence-electron chi connectivity index (χ3n) is 1.65. The van der Waals surface area contributed by atoms with Crippen molar-refractivity contribution in [1.82, 2.24) is 4.90 Å². The number of hydrogen-bond acceptors (Lipinski definition) is 1. The number of rotatable bonds is 5. The zero-order valence-corrected chi connectivity index (χ0v) is 8.38. The van der Waals surface area contributed by atoms with Gasteiger partial charge in [-0.3, -0.25) is 0 Å². The van der Waals surface area contributed by atoms with Crippen LogP contribution in [-0.4, -0.2) is 18.5 Å². The molecule has 12 heavy (non-hydrogen) atoms. The van der Waals surface area contributed by atoms with Crippen LogP contribution < -0.4 is 0 Å². The van der Waals surface area contributed by atoms with Crippen molar-refractivity contribution in [1.29, 1.82) is 0 Å². The second kappa shape index (κ2) is 6.71. The third kappa shape index (κ3) is 5.78. The topological polar surface area (TPSA) is 3.24 Å². The van der Waals surface area contributed by atoms with Crippen LogP contribution in [0, 0.1) is 0 Å². The van der Waals surface area contributed by atoms with Gasteiger partial charge < -0.3 is 4.90 Å². The molecule has 0 aromatic rings. The van der Waals surface area contributed by atoms with Gasteiger partial charge in [0.15, 0.2) is 0 Å². The van der Waals surface area contributed by atoms with Gasteiger partial charge in [-0.2, -0.15) is 0 Å². The SMILES string of the molecule is C=C/C=C\C/C(C)=C\N(C)CC. The first-order valence-electron chi connectivity index (χ1n) is 4.35. The molecule has 0 radical (unpaired) electrons. The molecule has 0 unspecified atom stereocenters. The molecule has 0 heterocycles. The molecule has 0 aliphatic heterocycles. The van der Waals surface area contributed by atoms with Crippen molar-refractivity contribution in [3.63, 3.8) is 0 Å². The molecule has 0 bridgehead atoms. The van der Waals surface area contributed by atoms with Crippen LogP contribution in [0.25, 0.3) is 0 Å². The molecule has 0 saturated heterocycles. The summed E-state index contributed by atoms with van der Waals surface area (Å²) in [6, 6.07) is 0. The van der Waals surface area contributed by atoms with Crippen molar-refractivity contribution < 1.29 is 0 Å². The zero-order chi connectivity index (χ0) is 9.40. The van der Waals surface area contributed by atoms with Crippen LogP contribution in [0.3, 0.4) is 0 Å². The van der Waals surface area contributed by atoms with E-state index in [-0.39, 0.29) is 0 Å². The number of allylic oxidation sites excluding steroid dienone is 4. The normalized spacial score (nSPS) is 12.1. The Bertz CT molecular complexity index is 177. The summed E-state index contributed by atoms with van der Waals surface area (Å²) in [7, 11) is 2.08. The highest BCUT2D eigenvalue weighted by Crippen LogP contribution is 2.02. The van der Waals surface area contributed by atoms with Crippen LogP contribution in [0.1, 0.15) is 20.3 Å². The van der Waals surface area contributed by atoms with Crippen LogP contribution in [0.2, 0.25) is 0 Å². The van der Waals surface area contributed by atoms with E-state index in [1.54, 1.807) is 6.08 Å². The Morgan fingerprint density at radius 2 is 2.17 bits per heavy atom. The Kier molecular flexibility index (Phi) is 6.16. The first-order chi connectivity index (χ1) is 5.70. The second-order valence-electron chi connectivity index (χ2n) is 2.92. The first kappa shape index (κ1) is 11.0. The average Bonchev–Trinajstić information content (AvgIpc) is 2.05. The van der Waals surface area contributed by atoms with E-state index in [1.165, 1.54) is 5.57 Å². The monoisotopic (exact) mass is 165 g/mol. The van der Waals surface area contributed by atoms with Crippen molar-refractivity contribution >= 4 is 0 Å². The molecule has 0 saturated carbocycles. The summed E-state index contributed by atoms with van der Waals surface area (Å²) in [5.74, 6) is 0. The van der Waals surface area contributed by atoms with Gasteiger partial charge in [0.05, 0.1) is 0 Å². The third-order valence-corrected chi connectivity index (χ3v) is 1.65. The van der Waals surface area contributed by atoms with E-state index >= 15 is 0 Å². The van der Waals surface area contributed by atoms with Gasteiger partial charge in [0.1, 0.15) is 0 Å². The standard InChI is InChI=1S/C11H19N/c1-5-7-8-9-11(3)10-12(4)6-2/h5,7-8,10H,1,6,9H2,2-4H3/b8-7-,11-10-. The smallest absolute Gasteiger partial charge is 0.0140 e. The minimum atomic E-state index is 1.01. The molecule has 0 aromatic heterocycles. The van der Waals surface area contributed by atoms with Crippen molar-refractivity contribution in [3.8, 4) is 0 Å². The highest BCUT2D eigenvalue weighted by atomic mass is 15.1. The van der Waals surface area contributed by atoms with Gasteiger partial charge in [-0.25, -0.2) is 0 Å². The van der Waals surface area contributed by atoms with Crippen molar-refractivity contribution in [2.45, 2.75) is 20.3 Å². The maximum absolute atomic E-state index is 3.62. The van der Waals surface area contributed by atoms with Gasteiger partial charge in [-0.05, 0) is 26.5 Å². The molecular formula is C11H19N. The quantitative estimate of drug-likeness (QED) is 0.566. The minimum Gasteiger partial charge on any atom is -0.381 e. The van der Waals surface area contributed by atoms with E-state index in [2.05, 4.69) is 44.6 Å². The van der Waals surface area contributed by atoms with E-state index in [0.717, 1.165) is 13.0 Å². The molecule has 0 atom stereocenters. The molecular weight excluding hydrogens is 146 g/mol. The second-order valence-corrected chi connectivity index (χ2v) is 2.92. The van der Waals surface area contributed by atoms with Crippen molar-refractivity contribution in [3.05, 3.63) is 36.6 Å². The van der Waals surface area contributed by atoms with Crippen LogP contribution in [0.5, 0.6) is 0 Å². The molecule has 0 aliphatic carbocycles. The van der Waals surface area contributed by atoms with Crippen LogP contribution in [0.4, 0.5) is 0 Å². The molecule has 68 valence electrons. The Morgan fingerprint density at radius 1 is 1.50 bits per heavy atom. The van der Waals surface area contributed by atoms with Gasteiger partial charge in [0.25, 0.3) is 0 Å². The highest BCUT2D eigenvalue weighted by molar-refractivity contribution is 5.07. The predicted molar refractivity (Wildman–Crippen MR) is 56.0 cm³/mol. The van der Waals surface area contributed by atoms with E-state index in [9.17, 15) is 0 Å². The molecule has 0 spiro atoms. The van der Waals surface area contributed by atoms with Gasteiger partial charge in [0.2, 0.25) is 0 Å². The van der Waals surface area contributed by atoms with Crippen molar-refractivity contribution in [2.75, 3.05) is 13.6 Å². The lowest BCUT2D eigenvalue weighted by Crippen LogP contribution is -2.09. The Labute approximate surface area is 76.1 Å². The summed E-state index contributed by atoms with van der Waals surface area (Å²) in [5.41, 5.74) is 1.37. The summed E-state index contributed by atoms with van der Waals surface area (Å²) in [6.45, 7) is 8.96. The fourth-order valence-corrected chi connectivity index (χ4v) is 0.870. The van der Waals surface area contributed by atoms with E-state index < -0.39 is 0 Å². The molecule has 0 fully saturated rings. The Hall–Kier alpha value is -0.980. The molecule has 0 amide bonds. The van der Waals surface area contributed by atoms with E-state index in [0.29, 0.717) is 0 Å². The summed E-state index contributed by atoms with van der Waals surface area (Å²) >= 11 is 0.